The van der Waals surface area contributed by atoms with Crippen LogP contribution >= 0.6 is 0 Å². The van der Waals surface area contributed by atoms with Crippen LogP contribution in [0.25, 0.3) is 0 Å². The van der Waals surface area contributed by atoms with Crippen LogP contribution in [0.3, 0.4) is 0 Å². The molecule has 0 aliphatic carbocycles. The molecule has 3 aromatic carbocycles. The van der Waals surface area contributed by atoms with Crippen molar-refractivity contribution in [3.05, 3.63) is 78.4 Å². The number of hydrogen-bond acceptors (Lipinski definition) is 6. The number of ether oxygens (including phenoxy) is 4. The minimum atomic E-state index is -0.0289. The van der Waals surface area contributed by atoms with Gasteiger partial charge in [-0.25, -0.2) is 0 Å². The molecule has 0 spiro atoms. The summed E-state index contributed by atoms with van der Waals surface area (Å²) in [5.74, 6) is 3.25. The van der Waals surface area contributed by atoms with Crippen LogP contribution in [-0.4, -0.2) is 51.5 Å². The average Bonchev–Trinajstić information content (AvgIpc) is 3.35. The maximum atomic E-state index is 6.45. The number of hydrogen-bond donors (Lipinski definition) is 0. The van der Waals surface area contributed by atoms with E-state index in [0.29, 0.717) is 0 Å². The lowest BCUT2D eigenvalue weighted by molar-refractivity contribution is 0.159. The van der Waals surface area contributed by atoms with Crippen LogP contribution in [0.5, 0.6) is 23.0 Å². The second-order valence-corrected chi connectivity index (χ2v) is 8.32. The van der Waals surface area contributed by atoms with E-state index in [1.807, 2.05) is 36.4 Å². The predicted molar refractivity (Wildman–Crippen MR) is 129 cm³/mol. The monoisotopic (exact) mass is 446 g/mol. The Morgan fingerprint density at radius 2 is 1.61 bits per heavy atom. The smallest absolute Gasteiger partial charge is 0.231 e. The number of piperazine rings is 1. The van der Waals surface area contributed by atoms with E-state index in [0.717, 1.165) is 62.1 Å². The van der Waals surface area contributed by atoms with E-state index in [4.69, 9.17) is 18.9 Å². The molecule has 0 amide bonds. The highest BCUT2D eigenvalue weighted by molar-refractivity contribution is 5.58. The SMILES string of the molecule is COc1ccccc1N1CCN(CCC(Oc2ccc3c(c2)OCO3)c2ccccc2)CC1. The standard InChI is InChI=1S/C27H30N2O4/c1-30-25-10-6-5-9-23(25)29-17-15-28(16-18-29)14-13-24(21-7-3-2-4-8-21)33-22-11-12-26-27(19-22)32-20-31-26/h2-12,19,24H,13-18,20H2,1H3. The van der Waals surface area contributed by atoms with Crippen molar-refractivity contribution in [3.63, 3.8) is 0 Å². The molecule has 2 heterocycles. The fourth-order valence-corrected chi connectivity index (χ4v) is 4.48. The molecule has 1 unspecified atom stereocenters. The van der Waals surface area contributed by atoms with Gasteiger partial charge in [0.2, 0.25) is 6.79 Å². The van der Waals surface area contributed by atoms with Crippen LogP contribution in [0.1, 0.15) is 18.1 Å². The number of methoxy groups -OCH3 is 1. The summed E-state index contributed by atoms with van der Waals surface area (Å²) in [6.07, 6.45) is 0.881. The molecule has 0 N–H and O–H groups in total. The van der Waals surface area contributed by atoms with E-state index in [2.05, 4.69) is 46.2 Å². The lowest BCUT2D eigenvalue weighted by atomic mass is 10.1. The Morgan fingerprint density at radius 1 is 0.848 bits per heavy atom. The second kappa shape index (κ2) is 10.0. The Morgan fingerprint density at radius 3 is 2.42 bits per heavy atom. The molecule has 6 heteroatoms. The molecule has 5 rings (SSSR count). The van der Waals surface area contributed by atoms with Gasteiger partial charge in [-0.3, -0.25) is 4.90 Å². The quantitative estimate of drug-likeness (QED) is 0.497. The zero-order valence-electron chi connectivity index (χ0n) is 19.0. The fourth-order valence-electron chi connectivity index (χ4n) is 4.48. The van der Waals surface area contributed by atoms with Crippen LogP contribution in [0.15, 0.2) is 72.8 Å². The molecule has 172 valence electrons. The van der Waals surface area contributed by atoms with Gasteiger partial charge in [0, 0.05) is 45.2 Å². The first kappa shape index (κ1) is 21.5. The Labute approximate surface area is 195 Å². The Hall–Kier alpha value is -3.38. The third-order valence-corrected chi connectivity index (χ3v) is 6.30. The van der Waals surface area contributed by atoms with Crippen LogP contribution in [0.2, 0.25) is 0 Å². The van der Waals surface area contributed by atoms with Crippen molar-refractivity contribution in [2.24, 2.45) is 0 Å². The van der Waals surface area contributed by atoms with E-state index in [9.17, 15) is 0 Å². The summed E-state index contributed by atoms with van der Waals surface area (Å²) in [5, 5.41) is 0. The van der Waals surface area contributed by atoms with Crippen LogP contribution in [0, 0.1) is 0 Å². The van der Waals surface area contributed by atoms with Crippen molar-refractivity contribution >= 4 is 5.69 Å². The van der Waals surface area contributed by atoms with Crippen LogP contribution < -0.4 is 23.8 Å². The number of rotatable bonds is 8. The molecule has 0 bridgehead atoms. The van der Waals surface area contributed by atoms with Crippen molar-refractivity contribution in [1.29, 1.82) is 0 Å². The van der Waals surface area contributed by atoms with Gasteiger partial charge in [-0.2, -0.15) is 0 Å². The van der Waals surface area contributed by atoms with Crippen LogP contribution in [0.4, 0.5) is 5.69 Å². The van der Waals surface area contributed by atoms with Crippen molar-refractivity contribution < 1.29 is 18.9 Å². The molecule has 1 saturated heterocycles. The number of nitrogens with zero attached hydrogens (tertiary/aromatic N) is 2. The minimum absolute atomic E-state index is 0.0289. The van der Waals surface area contributed by atoms with Gasteiger partial charge >= 0.3 is 0 Å². The van der Waals surface area contributed by atoms with Gasteiger partial charge < -0.3 is 23.8 Å². The fraction of sp³-hybridized carbons (Fsp3) is 0.333. The van der Waals surface area contributed by atoms with Crippen molar-refractivity contribution in [3.8, 4) is 23.0 Å². The number of fused-ring (bicyclic) bond motifs is 1. The van der Waals surface area contributed by atoms with Gasteiger partial charge in [-0.1, -0.05) is 42.5 Å². The van der Waals surface area contributed by atoms with E-state index >= 15 is 0 Å². The van der Waals surface area contributed by atoms with Gasteiger partial charge in [0.05, 0.1) is 12.8 Å². The maximum Gasteiger partial charge on any atom is 0.231 e. The summed E-state index contributed by atoms with van der Waals surface area (Å²) >= 11 is 0. The minimum Gasteiger partial charge on any atom is -0.495 e. The molecule has 3 aromatic rings. The lowest BCUT2D eigenvalue weighted by Crippen LogP contribution is -2.47. The maximum absolute atomic E-state index is 6.45. The summed E-state index contributed by atoms with van der Waals surface area (Å²) < 4.78 is 22.9. The topological polar surface area (TPSA) is 43.4 Å². The molecule has 0 saturated carbocycles. The van der Waals surface area contributed by atoms with E-state index < -0.39 is 0 Å². The van der Waals surface area contributed by atoms with Gasteiger partial charge in [0.25, 0.3) is 0 Å². The third-order valence-electron chi connectivity index (χ3n) is 6.30. The zero-order chi connectivity index (χ0) is 22.5. The molecule has 2 aliphatic rings. The molecule has 1 fully saturated rings. The highest BCUT2D eigenvalue weighted by atomic mass is 16.7. The largest absolute Gasteiger partial charge is 0.495 e. The molecule has 1 atom stereocenters. The van der Waals surface area contributed by atoms with Gasteiger partial charge in [-0.15, -0.1) is 0 Å². The molecule has 0 radical (unpaired) electrons. The average molecular weight is 447 g/mol. The summed E-state index contributed by atoms with van der Waals surface area (Å²) in [6.45, 7) is 5.25. The summed E-state index contributed by atoms with van der Waals surface area (Å²) in [5.41, 5.74) is 2.36. The number of para-hydroxylation sites is 2. The first-order chi connectivity index (χ1) is 16.3. The van der Waals surface area contributed by atoms with E-state index in [1.165, 1.54) is 11.3 Å². The summed E-state index contributed by atoms with van der Waals surface area (Å²) in [4.78, 5) is 4.93. The van der Waals surface area contributed by atoms with E-state index in [1.54, 1.807) is 7.11 Å². The Balaban J connectivity index is 1.21. The molecular weight excluding hydrogens is 416 g/mol. The lowest BCUT2D eigenvalue weighted by Gasteiger charge is -2.37. The van der Waals surface area contributed by atoms with Gasteiger partial charge in [-0.05, 0) is 29.8 Å². The summed E-state index contributed by atoms with van der Waals surface area (Å²) in [6, 6.07) is 24.5. The van der Waals surface area contributed by atoms with Crippen molar-refractivity contribution in [1.82, 2.24) is 4.90 Å². The Kier molecular flexibility index (Phi) is 6.53. The predicted octanol–water partition coefficient (Wildman–Crippen LogP) is 4.76. The molecule has 6 nitrogen and oxygen atoms in total. The summed E-state index contributed by atoms with van der Waals surface area (Å²) in [7, 11) is 1.74. The second-order valence-electron chi connectivity index (χ2n) is 8.32. The van der Waals surface area contributed by atoms with Crippen molar-refractivity contribution in [2.45, 2.75) is 12.5 Å². The molecule has 33 heavy (non-hydrogen) atoms. The van der Waals surface area contributed by atoms with Crippen LogP contribution in [-0.2, 0) is 0 Å². The van der Waals surface area contributed by atoms with E-state index in [-0.39, 0.29) is 12.9 Å². The normalized spacial score (nSPS) is 16.5. The van der Waals surface area contributed by atoms with Gasteiger partial charge in [0.15, 0.2) is 11.5 Å². The zero-order valence-corrected chi connectivity index (χ0v) is 19.0. The number of anilines is 1. The first-order valence-corrected chi connectivity index (χ1v) is 11.5. The van der Waals surface area contributed by atoms with Crippen molar-refractivity contribution in [2.75, 3.05) is 51.5 Å². The molecule has 0 aromatic heterocycles. The Bertz CT molecular complexity index is 1050. The highest BCUT2D eigenvalue weighted by Gasteiger charge is 2.22. The molecule has 2 aliphatic heterocycles. The highest BCUT2D eigenvalue weighted by Crippen LogP contribution is 2.37. The first-order valence-electron chi connectivity index (χ1n) is 11.5. The third kappa shape index (κ3) is 5.01. The number of benzene rings is 3. The molecular formula is C27H30N2O4. The van der Waals surface area contributed by atoms with Gasteiger partial charge in [0.1, 0.15) is 17.6 Å².